The van der Waals surface area contributed by atoms with E-state index in [1.165, 1.54) is 6.42 Å². The highest BCUT2D eigenvalue weighted by molar-refractivity contribution is 4.89. The molecule has 1 aromatic heterocycles. The Morgan fingerprint density at radius 3 is 2.60 bits per heavy atom. The predicted molar refractivity (Wildman–Crippen MR) is 43.0 cm³/mol. The second-order valence-corrected chi connectivity index (χ2v) is 2.38. The molecule has 0 saturated heterocycles. The summed E-state index contributed by atoms with van der Waals surface area (Å²) in [5.41, 5.74) is 0. The van der Waals surface area contributed by atoms with Gasteiger partial charge >= 0.3 is 0 Å². The second-order valence-electron chi connectivity index (χ2n) is 2.38. The molecule has 0 aliphatic heterocycles. The van der Waals surface area contributed by atoms with Crippen LogP contribution in [0.3, 0.4) is 0 Å². The Bertz CT molecular complexity index is 156. The van der Waals surface area contributed by atoms with Gasteiger partial charge in [0.05, 0.1) is 0 Å². The van der Waals surface area contributed by atoms with Crippen molar-refractivity contribution in [1.82, 2.24) is 9.88 Å². The van der Waals surface area contributed by atoms with E-state index in [1.54, 1.807) is 0 Å². The van der Waals surface area contributed by atoms with E-state index in [-0.39, 0.29) is 0 Å². The Balaban J connectivity index is 2.15. The summed E-state index contributed by atoms with van der Waals surface area (Å²) >= 11 is 0. The van der Waals surface area contributed by atoms with Crippen LogP contribution in [-0.2, 0) is 6.54 Å². The maximum atomic E-state index is 3.12. The number of aryl methyl sites for hydroxylation is 1. The summed E-state index contributed by atoms with van der Waals surface area (Å²) in [7, 11) is 1.98. The molecule has 0 fully saturated rings. The van der Waals surface area contributed by atoms with E-state index in [4.69, 9.17) is 0 Å². The summed E-state index contributed by atoms with van der Waals surface area (Å²) < 4.78 is 2.19. The van der Waals surface area contributed by atoms with Crippen LogP contribution in [0.25, 0.3) is 0 Å². The summed E-state index contributed by atoms with van der Waals surface area (Å²) in [5.74, 6) is 0. The van der Waals surface area contributed by atoms with Crippen molar-refractivity contribution in [3.05, 3.63) is 24.5 Å². The fourth-order valence-corrected chi connectivity index (χ4v) is 0.958. The van der Waals surface area contributed by atoms with Crippen LogP contribution in [0, 0.1) is 0 Å². The highest BCUT2D eigenvalue weighted by Crippen LogP contribution is 1.91. The van der Waals surface area contributed by atoms with E-state index in [1.807, 2.05) is 7.05 Å². The van der Waals surface area contributed by atoms with Crippen LogP contribution < -0.4 is 5.32 Å². The molecule has 1 rings (SSSR count). The van der Waals surface area contributed by atoms with Crippen molar-refractivity contribution < 1.29 is 0 Å². The van der Waals surface area contributed by atoms with E-state index >= 15 is 0 Å². The zero-order valence-corrected chi connectivity index (χ0v) is 6.38. The first kappa shape index (κ1) is 7.35. The van der Waals surface area contributed by atoms with Gasteiger partial charge in [0.15, 0.2) is 0 Å². The minimum atomic E-state index is 1.10. The van der Waals surface area contributed by atoms with Gasteiger partial charge in [-0.25, -0.2) is 0 Å². The molecule has 0 radical (unpaired) electrons. The maximum absolute atomic E-state index is 3.12. The summed E-state index contributed by atoms with van der Waals surface area (Å²) in [6, 6.07) is 4.11. The van der Waals surface area contributed by atoms with Crippen LogP contribution in [0.5, 0.6) is 0 Å². The zero-order valence-electron chi connectivity index (χ0n) is 6.38. The van der Waals surface area contributed by atoms with E-state index in [0.29, 0.717) is 0 Å². The predicted octanol–water partition coefficient (Wildman–Crippen LogP) is 1.10. The molecule has 2 heteroatoms. The highest BCUT2D eigenvalue weighted by Gasteiger charge is 1.86. The van der Waals surface area contributed by atoms with Gasteiger partial charge in [-0.3, -0.25) is 0 Å². The minimum Gasteiger partial charge on any atom is -0.354 e. The largest absolute Gasteiger partial charge is 0.354 e. The van der Waals surface area contributed by atoms with Crippen LogP contribution in [-0.4, -0.2) is 18.2 Å². The molecular formula is C8H14N2. The van der Waals surface area contributed by atoms with Crippen molar-refractivity contribution in [1.29, 1.82) is 0 Å². The molecule has 1 heterocycles. The van der Waals surface area contributed by atoms with Crippen molar-refractivity contribution in [2.45, 2.75) is 13.0 Å². The van der Waals surface area contributed by atoms with Crippen LogP contribution in [0.15, 0.2) is 24.5 Å². The Morgan fingerprint density at radius 1 is 1.30 bits per heavy atom. The average molecular weight is 138 g/mol. The molecule has 1 N–H and O–H groups in total. The number of hydrogen-bond donors (Lipinski definition) is 1. The Hall–Kier alpha value is -0.760. The monoisotopic (exact) mass is 138 g/mol. The van der Waals surface area contributed by atoms with Crippen LogP contribution >= 0.6 is 0 Å². The fraction of sp³-hybridized carbons (Fsp3) is 0.500. The van der Waals surface area contributed by atoms with Gasteiger partial charge in [0, 0.05) is 18.9 Å². The lowest BCUT2D eigenvalue weighted by atomic mass is 10.4. The van der Waals surface area contributed by atoms with Crippen molar-refractivity contribution in [2.24, 2.45) is 0 Å². The summed E-state index contributed by atoms with van der Waals surface area (Å²) in [4.78, 5) is 0. The molecule has 0 aliphatic carbocycles. The molecular weight excluding hydrogens is 124 g/mol. The summed E-state index contributed by atoms with van der Waals surface area (Å²) in [6.07, 6.45) is 5.39. The normalized spacial score (nSPS) is 10.1. The molecule has 56 valence electrons. The summed E-state index contributed by atoms with van der Waals surface area (Å²) in [6.45, 7) is 2.21. The third kappa shape index (κ3) is 2.23. The van der Waals surface area contributed by atoms with Crippen molar-refractivity contribution in [2.75, 3.05) is 13.6 Å². The lowest BCUT2D eigenvalue weighted by molar-refractivity contribution is 0.615. The topological polar surface area (TPSA) is 17.0 Å². The van der Waals surface area contributed by atoms with Gasteiger partial charge in [0.25, 0.3) is 0 Å². The molecule has 0 amide bonds. The van der Waals surface area contributed by atoms with Crippen molar-refractivity contribution >= 4 is 0 Å². The average Bonchev–Trinajstić information content (AvgIpc) is 2.41. The smallest absolute Gasteiger partial charge is 0.0231 e. The molecule has 0 spiro atoms. The summed E-state index contributed by atoms with van der Waals surface area (Å²) in [5, 5.41) is 3.12. The van der Waals surface area contributed by atoms with E-state index < -0.39 is 0 Å². The van der Waals surface area contributed by atoms with Gasteiger partial charge in [-0.05, 0) is 32.1 Å². The molecule has 0 aliphatic rings. The van der Waals surface area contributed by atoms with Crippen LogP contribution in [0.2, 0.25) is 0 Å². The number of hydrogen-bond acceptors (Lipinski definition) is 1. The highest BCUT2D eigenvalue weighted by atomic mass is 14.9. The lowest BCUT2D eigenvalue weighted by Crippen LogP contribution is -2.10. The maximum Gasteiger partial charge on any atom is 0.0231 e. The number of rotatable bonds is 4. The molecule has 2 nitrogen and oxygen atoms in total. The fourth-order valence-electron chi connectivity index (χ4n) is 0.958. The SMILES string of the molecule is CNCCCn1cccc1. The van der Waals surface area contributed by atoms with E-state index in [9.17, 15) is 0 Å². The quantitative estimate of drug-likeness (QED) is 0.616. The van der Waals surface area contributed by atoms with Crippen molar-refractivity contribution in [3.63, 3.8) is 0 Å². The number of aromatic nitrogens is 1. The minimum absolute atomic E-state index is 1.10. The zero-order chi connectivity index (χ0) is 7.23. The molecule has 0 aromatic carbocycles. The first-order valence-electron chi connectivity index (χ1n) is 3.69. The van der Waals surface area contributed by atoms with E-state index in [0.717, 1.165) is 13.1 Å². The molecule has 0 atom stereocenters. The van der Waals surface area contributed by atoms with Gasteiger partial charge in [-0.1, -0.05) is 0 Å². The molecule has 0 bridgehead atoms. The lowest BCUT2D eigenvalue weighted by Gasteiger charge is -2.00. The molecule has 10 heavy (non-hydrogen) atoms. The third-order valence-corrected chi connectivity index (χ3v) is 1.51. The van der Waals surface area contributed by atoms with Crippen LogP contribution in [0.1, 0.15) is 6.42 Å². The number of nitrogens with one attached hydrogen (secondary N) is 1. The van der Waals surface area contributed by atoms with Crippen LogP contribution in [0.4, 0.5) is 0 Å². The van der Waals surface area contributed by atoms with E-state index in [2.05, 4.69) is 34.4 Å². The first-order chi connectivity index (χ1) is 4.93. The molecule has 1 aromatic rings. The second kappa shape index (κ2) is 4.12. The Labute approximate surface area is 61.9 Å². The third-order valence-electron chi connectivity index (χ3n) is 1.51. The Kier molecular flexibility index (Phi) is 3.03. The first-order valence-corrected chi connectivity index (χ1v) is 3.69. The van der Waals surface area contributed by atoms with Gasteiger partial charge < -0.3 is 9.88 Å². The van der Waals surface area contributed by atoms with Gasteiger partial charge in [0.2, 0.25) is 0 Å². The number of nitrogens with zero attached hydrogens (tertiary/aromatic N) is 1. The molecule has 0 saturated carbocycles. The van der Waals surface area contributed by atoms with Crippen molar-refractivity contribution in [3.8, 4) is 0 Å². The molecule has 0 unspecified atom stereocenters. The van der Waals surface area contributed by atoms with Gasteiger partial charge in [-0.15, -0.1) is 0 Å². The van der Waals surface area contributed by atoms with Gasteiger partial charge in [-0.2, -0.15) is 0 Å². The standard InChI is InChI=1S/C8H14N2/c1-9-5-4-8-10-6-2-3-7-10/h2-3,6-7,9H,4-5,8H2,1H3. The Morgan fingerprint density at radius 2 is 2.00 bits per heavy atom. The van der Waals surface area contributed by atoms with Gasteiger partial charge in [0.1, 0.15) is 0 Å².